The van der Waals surface area contributed by atoms with Crippen molar-refractivity contribution in [2.45, 2.75) is 0 Å². The van der Waals surface area contributed by atoms with Crippen LogP contribution in [0.1, 0.15) is 10.5 Å². The molecule has 0 aliphatic heterocycles. The number of nitrogens with one attached hydrogen (secondary N) is 1. The monoisotopic (exact) mass is 300 g/mol. The molecule has 0 fully saturated rings. The number of carbonyl (C=O) groups is 1. The molecule has 1 heterocycles. The number of halogens is 3. The van der Waals surface area contributed by atoms with Gasteiger partial charge in [-0.15, -0.1) is 0 Å². The van der Waals surface area contributed by atoms with Gasteiger partial charge in [-0.2, -0.15) is 0 Å². The highest BCUT2D eigenvalue weighted by Crippen LogP contribution is 2.25. The molecular formula is C12H7Cl3N2O. The standard InChI is InChI=1S/C12H7Cl3N2O/c13-7-4-5-8(14)10(6-7)17-12(18)9-2-1-3-11(15)16-9/h1-6H,(H,17,18). The van der Waals surface area contributed by atoms with E-state index in [2.05, 4.69) is 10.3 Å². The Balaban J connectivity index is 2.24. The van der Waals surface area contributed by atoms with E-state index in [0.717, 1.165) is 0 Å². The van der Waals surface area contributed by atoms with Gasteiger partial charge in [-0.25, -0.2) is 4.98 Å². The fourth-order valence-corrected chi connectivity index (χ4v) is 1.82. The molecular weight excluding hydrogens is 295 g/mol. The number of aromatic nitrogens is 1. The number of anilines is 1. The first-order chi connectivity index (χ1) is 8.56. The molecule has 0 atom stereocenters. The Bertz CT molecular complexity index is 602. The fourth-order valence-electron chi connectivity index (χ4n) is 1.31. The van der Waals surface area contributed by atoms with Crippen LogP contribution in [0.4, 0.5) is 5.69 Å². The molecule has 1 amide bonds. The zero-order valence-corrected chi connectivity index (χ0v) is 11.2. The van der Waals surface area contributed by atoms with Crippen LogP contribution in [0, 0.1) is 0 Å². The number of hydrogen-bond donors (Lipinski definition) is 1. The summed E-state index contributed by atoms with van der Waals surface area (Å²) in [5.41, 5.74) is 0.634. The Morgan fingerprint density at radius 2 is 1.89 bits per heavy atom. The van der Waals surface area contributed by atoms with Gasteiger partial charge in [-0.3, -0.25) is 4.79 Å². The summed E-state index contributed by atoms with van der Waals surface area (Å²) in [5.74, 6) is -0.401. The van der Waals surface area contributed by atoms with Gasteiger partial charge in [0, 0.05) is 5.02 Å². The highest BCUT2D eigenvalue weighted by Gasteiger charge is 2.10. The van der Waals surface area contributed by atoms with Crippen LogP contribution in [0.15, 0.2) is 36.4 Å². The van der Waals surface area contributed by atoms with Gasteiger partial charge in [0.1, 0.15) is 10.8 Å². The number of benzene rings is 1. The third-order valence-electron chi connectivity index (χ3n) is 2.12. The van der Waals surface area contributed by atoms with Crippen LogP contribution in [-0.4, -0.2) is 10.9 Å². The van der Waals surface area contributed by atoms with Gasteiger partial charge in [0.15, 0.2) is 0 Å². The summed E-state index contributed by atoms with van der Waals surface area (Å²) < 4.78 is 0. The average Bonchev–Trinajstić information content (AvgIpc) is 2.34. The van der Waals surface area contributed by atoms with E-state index in [1.54, 1.807) is 36.4 Å². The lowest BCUT2D eigenvalue weighted by molar-refractivity contribution is 0.102. The molecule has 0 aliphatic carbocycles. The number of pyridine rings is 1. The molecule has 2 aromatic rings. The summed E-state index contributed by atoms with van der Waals surface area (Å²) in [6.45, 7) is 0. The summed E-state index contributed by atoms with van der Waals surface area (Å²) in [6.07, 6.45) is 0. The fraction of sp³-hybridized carbons (Fsp3) is 0. The highest BCUT2D eigenvalue weighted by molar-refractivity contribution is 6.36. The van der Waals surface area contributed by atoms with Crippen LogP contribution in [0.25, 0.3) is 0 Å². The quantitative estimate of drug-likeness (QED) is 0.841. The molecule has 1 aromatic carbocycles. The van der Waals surface area contributed by atoms with Gasteiger partial charge < -0.3 is 5.32 Å². The van der Waals surface area contributed by atoms with Crippen molar-refractivity contribution in [1.82, 2.24) is 4.98 Å². The molecule has 3 nitrogen and oxygen atoms in total. The van der Waals surface area contributed by atoms with Crippen molar-refractivity contribution in [1.29, 1.82) is 0 Å². The van der Waals surface area contributed by atoms with Crippen molar-refractivity contribution in [2.24, 2.45) is 0 Å². The minimum Gasteiger partial charge on any atom is -0.319 e. The van der Waals surface area contributed by atoms with Crippen LogP contribution < -0.4 is 5.32 Å². The number of amides is 1. The van der Waals surface area contributed by atoms with Gasteiger partial charge >= 0.3 is 0 Å². The number of rotatable bonds is 2. The third kappa shape index (κ3) is 3.13. The van der Waals surface area contributed by atoms with E-state index < -0.39 is 5.91 Å². The molecule has 0 spiro atoms. The molecule has 0 saturated carbocycles. The van der Waals surface area contributed by atoms with Crippen LogP contribution in [0.5, 0.6) is 0 Å². The van der Waals surface area contributed by atoms with Crippen molar-refractivity contribution in [3.63, 3.8) is 0 Å². The summed E-state index contributed by atoms with van der Waals surface area (Å²) in [5, 5.41) is 3.75. The van der Waals surface area contributed by atoms with Gasteiger partial charge in [0.2, 0.25) is 0 Å². The molecule has 6 heteroatoms. The molecule has 0 bridgehead atoms. The maximum atomic E-state index is 11.9. The first-order valence-electron chi connectivity index (χ1n) is 4.95. The molecule has 1 aromatic heterocycles. The van der Waals surface area contributed by atoms with E-state index in [1.165, 1.54) is 0 Å². The van der Waals surface area contributed by atoms with Crippen LogP contribution in [0.3, 0.4) is 0 Å². The maximum Gasteiger partial charge on any atom is 0.274 e. The second-order valence-corrected chi connectivity index (χ2v) is 4.65. The summed E-state index contributed by atoms with van der Waals surface area (Å²) in [7, 11) is 0. The second-order valence-electron chi connectivity index (χ2n) is 3.42. The zero-order chi connectivity index (χ0) is 13.1. The molecule has 0 saturated heterocycles. The van der Waals surface area contributed by atoms with Crippen molar-refractivity contribution in [3.8, 4) is 0 Å². The molecule has 0 radical (unpaired) electrons. The van der Waals surface area contributed by atoms with Crippen molar-refractivity contribution in [2.75, 3.05) is 5.32 Å². The van der Waals surface area contributed by atoms with Crippen molar-refractivity contribution < 1.29 is 4.79 Å². The van der Waals surface area contributed by atoms with E-state index in [4.69, 9.17) is 34.8 Å². The molecule has 92 valence electrons. The number of nitrogens with zero attached hydrogens (tertiary/aromatic N) is 1. The second kappa shape index (κ2) is 5.57. The lowest BCUT2D eigenvalue weighted by Crippen LogP contribution is -2.13. The van der Waals surface area contributed by atoms with Gasteiger partial charge in [-0.1, -0.05) is 40.9 Å². The van der Waals surface area contributed by atoms with E-state index in [-0.39, 0.29) is 10.8 Å². The normalized spacial score (nSPS) is 10.2. The Morgan fingerprint density at radius 3 is 2.61 bits per heavy atom. The Kier molecular flexibility index (Phi) is 4.07. The van der Waals surface area contributed by atoms with E-state index in [1.807, 2.05) is 0 Å². The maximum absolute atomic E-state index is 11.9. The van der Waals surface area contributed by atoms with Crippen molar-refractivity contribution >= 4 is 46.4 Å². The minimum atomic E-state index is -0.401. The van der Waals surface area contributed by atoms with Crippen LogP contribution in [-0.2, 0) is 0 Å². The first kappa shape index (κ1) is 13.1. The summed E-state index contributed by atoms with van der Waals surface area (Å²) in [4.78, 5) is 15.8. The predicted octanol–water partition coefficient (Wildman–Crippen LogP) is 4.29. The minimum absolute atomic E-state index is 0.207. The lowest BCUT2D eigenvalue weighted by atomic mass is 10.3. The highest BCUT2D eigenvalue weighted by atomic mass is 35.5. The van der Waals surface area contributed by atoms with Crippen LogP contribution in [0.2, 0.25) is 15.2 Å². The zero-order valence-electron chi connectivity index (χ0n) is 8.95. The average molecular weight is 302 g/mol. The van der Waals surface area contributed by atoms with E-state index in [0.29, 0.717) is 15.7 Å². The number of hydrogen-bond acceptors (Lipinski definition) is 2. The Hall–Kier alpha value is -1.29. The molecule has 18 heavy (non-hydrogen) atoms. The first-order valence-corrected chi connectivity index (χ1v) is 6.08. The topological polar surface area (TPSA) is 42.0 Å². The van der Waals surface area contributed by atoms with Crippen molar-refractivity contribution in [3.05, 3.63) is 57.3 Å². The van der Waals surface area contributed by atoms with Crippen LogP contribution >= 0.6 is 34.8 Å². The Morgan fingerprint density at radius 1 is 1.11 bits per heavy atom. The van der Waals surface area contributed by atoms with Gasteiger partial charge in [0.05, 0.1) is 10.7 Å². The van der Waals surface area contributed by atoms with E-state index in [9.17, 15) is 4.79 Å². The lowest BCUT2D eigenvalue weighted by Gasteiger charge is -2.07. The molecule has 1 N–H and O–H groups in total. The largest absolute Gasteiger partial charge is 0.319 e. The third-order valence-corrected chi connectivity index (χ3v) is 2.90. The van der Waals surface area contributed by atoms with E-state index >= 15 is 0 Å². The molecule has 0 aliphatic rings. The molecule has 0 unspecified atom stereocenters. The SMILES string of the molecule is O=C(Nc1cc(Cl)ccc1Cl)c1cccc(Cl)n1. The van der Waals surface area contributed by atoms with Gasteiger partial charge in [-0.05, 0) is 30.3 Å². The summed E-state index contributed by atoms with van der Waals surface area (Å²) in [6, 6.07) is 9.59. The smallest absolute Gasteiger partial charge is 0.274 e. The number of carbonyl (C=O) groups excluding carboxylic acids is 1. The Labute approximate surface area is 119 Å². The summed E-state index contributed by atoms with van der Waals surface area (Å²) >= 11 is 17.5. The molecule has 2 rings (SSSR count). The predicted molar refractivity (Wildman–Crippen MR) is 73.7 cm³/mol. The van der Waals surface area contributed by atoms with Gasteiger partial charge in [0.25, 0.3) is 5.91 Å².